The van der Waals surface area contributed by atoms with Crippen LogP contribution in [0.15, 0.2) is 60.0 Å². The first-order valence-corrected chi connectivity index (χ1v) is 15.4. The number of rotatable bonds is 6. The highest BCUT2D eigenvalue weighted by atomic mass is 16.3. The highest BCUT2D eigenvalue weighted by Gasteiger charge is 2.59. The van der Waals surface area contributed by atoms with Gasteiger partial charge in [-0.25, -0.2) is 19.3 Å². The van der Waals surface area contributed by atoms with Crippen molar-refractivity contribution in [1.82, 2.24) is 29.2 Å². The lowest BCUT2D eigenvalue weighted by molar-refractivity contribution is -0.143. The molecule has 11 nitrogen and oxygen atoms in total. The molecule has 2 bridgehead atoms. The van der Waals surface area contributed by atoms with E-state index in [0.717, 1.165) is 62.1 Å². The first kappa shape index (κ1) is 27.1. The number of pyridine rings is 1. The van der Waals surface area contributed by atoms with Gasteiger partial charge < -0.3 is 20.2 Å². The minimum Gasteiger partial charge on any atom is -0.383 e. The van der Waals surface area contributed by atoms with E-state index in [-0.39, 0.29) is 23.4 Å². The summed E-state index contributed by atoms with van der Waals surface area (Å²) in [4.78, 5) is 43.9. The molecular formula is C33H36N8O3. The predicted octanol–water partition coefficient (Wildman–Crippen LogP) is 3.65. The summed E-state index contributed by atoms with van der Waals surface area (Å²) in [6.45, 7) is 9.33. The molecule has 3 atom stereocenters. The molecule has 44 heavy (non-hydrogen) atoms. The number of allylic oxidation sites excluding steroid dienone is 1. The number of aromatic nitrogens is 5. The fraction of sp³-hybridized carbons (Fsp3) is 0.424. The van der Waals surface area contributed by atoms with E-state index in [2.05, 4.69) is 33.9 Å². The van der Waals surface area contributed by atoms with E-state index >= 15 is 0 Å². The molecule has 4 fully saturated rings. The van der Waals surface area contributed by atoms with E-state index in [9.17, 15) is 14.7 Å². The molecule has 6 heterocycles. The van der Waals surface area contributed by atoms with Crippen LogP contribution in [0.25, 0.3) is 16.9 Å². The summed E-state index contributed by atoms with van der Waals surface area (Å²) in [5.74, 6) is 1.04. The Hall–Kier alpha value is -4.51. The Kier molecular flexibility index (Phi) is 5.84. The molecule has 1 saturated carbocycles. The molecule has 1 aromatic carbocycles. The van der Waals surface area contributed by atoms with Gasteiger partial charge in [-0.1, -0.05) is 12.1 Å². The summed E-state index contributed by atoms with van der Waals surface area (Å²) in [6.07, 6.45) is 8.14. The first-order valence-electron chi connectivity index (χ1n) is 15.4. The summed E-state index contributed by atoms with van der Waals surface area (Å²) < 4.78 is 3.27. The number of carbonyl (C=O) groups excluding carboxylic acids is 1. The standard InChI is InChI=1S/C33H36N8O3/c1-4-15-39-30(43)26-17-34-31(35-22-6-8-23(9-7-22)38-18-24-16-25(19-38)40(24)20(2)42)37-29(26)41(39)27-10-5-21-11-12-33(13-14-33)32(3,44)28(21)36-27/h4-10,17,24-25,44H,1,11-16,18-19H2,2-3H3,(H,34,35,37)/t24?,25?,32-/m0/s1. The van der Waals surface area contributed by atoms with Gasteiger partial charge in [0.05, 0.1) is 24.3 Å². The molecule has 3 saturated heterocycles. The number of nitrogens with one attached hydrogen (secondary N) is 1. The summed E-state index contributed by atoms with van der Waals surface area (Å²) in [7, 11) is 0. The van der Waals surface area contributed by atoms with Crippen LogP contribution in [-0.2, 0) is 23.4 Å². The van der Waals surface area contributed by atoms with Crippen LogP contribution in [0.5, 0.6) is 0 Å². The van der Waals surface area contributed by atoms with Crippen LogP contribution < -0.4 is 15.8 Å². The fourth-order valence-corrected chi connectivity index (χ4v) is 7.80. The summed E-state index contributed by atoms with van der Waals surface area (Å²) >= 11 is 0. The number of benzene rings is 1. The smallest absolute Gasteiger partial charge is 0.278 e. The fourth-order valence-electron chi connectivity index (χ4n) is 7.80. The Morgan fingerprint density at radius 2 is 1.86 bits per heavy atom. The number of aryl methyl sites for hydroxylation is 1. The zero-order valence-electron chi connectivity index (χ0n) is 25.0. The molecule has 9 rings (SSSR count). The van der Waals surface area contributed by atoms with Gasteiger partial charge in [-0.3, -0.25) is 9.59 Å². The number of fused-ring (bicyclic) bond motifs is 4. The average Bonchev–Trinajstić information content (AvgIpc) is 3.76. The van der Waals surface area contributed by atoms with E-state index in [0.29, 0.717) is 40.6 Å². The molecule has 3 aromatic heterocycles. The van der Waals surface area contributed by atoms with Gasteiger partial charge in [0.1, 0.15) is 11.0 Å². The second-order valence-corrected chi connectivity index (χ2v) is 13.0. The van der Waals surface area contributed by atoms with Crippen LogP contribution in [0.4, 0.5) is 17.3 Å². The molecule has 5 aliphatic rings. The summed E-state index contributed by atoms with van der Waals surface area (Å²) in [6, 6.07) is 12.6. The van der Waals surface area contributed by atoms with Crippen molar-refractivity contribution >= 4 is 34.3 Å². The zero-order valence-corrected chi connectivity index (χ0v) is 25.0. The van der Waals surface area contributed by atoms with Crippen LogP contribution in [0.2, 0.25) is 0 Å². The summed E-state index contributed by atoms with van der Waals surface area (Å²) in [5, 5.41) is 15.3. The molecule has 0 radical (unpaired) electrons. The minimum atomic E-state index is -1.03. The van der Waals surface area contributed by atoms with Crippen molar-refractivity contribution in [2.75, 3.05) is 23.3 Å². The van der Waals surface area contributed by atoms with Gasteiger partial charge in [0.2, 0.25) is 11.9 Å². The van der Waals surface area contributed by atoms with Crippen molar-refractivity contribution in [1.29, 1.82) is 0 Å². The van der Waals surface area contributed by atoms with Gasteiger partial charge in [-0.2, -0.15) is 4.98 Å². The molecule has 11 heteroatoms. The number of anilines is 3. The Morgan fingerprint density at radius 1 is 1.11 bits per heavy atom. The normalized spacial score (nSPS) is 24.6. The number of hydrogen-bond acceptors (Lipinski definition) is 8. The van der Waals surface area contributed by atoms with Crippen molar-refractivity contribution in [2.45, 2.75) is 70.2 Å². The minimum absolute atomic E-state index is 0.108. The number of aliphatic hydroxyl groups is 1. The molecule has 226 valence electrons. The maximum Gasteiger partial charge on any atom is 0.278 e. The van der Waals surface area contributed by atoms with Crippen molar-refractivity contribution in [2.24, 2.45) is 5.41 Å². The lowest BCUT2D eigenvalue weighted by Gasteiger charge is -2.56. The molecule has 4 aromatic rings. The van der Waals surface area contributed by atoms with E-state index < -0.39 is 5.60 Å². The van der Waals surface area contributed by atoms with Crippen LogP contribution in [0, 0.1) is 5.41 Å². The van der Waals surface area contributed by atoms with Crippen LogP contribution >= 0.6 is 0 Å². The van der Waals surface area contributed by atoms with Crippen molar-refractivity contribution in [3.8, 4) is 5.82 Å². The van der Waals surface area contributed by atoms with Crippen LogP contribution in [0.1, 0.15) is 50.8 Å². The molecule has 3 aliphatic heterocycles. The third-order valence-corrected chi connectivity index (χ3v) is 10.4. The van der Waals surface area contributed by atoms with Gasteiger partial charge >= 0.3 is 0 Å². The number of carbonyl (C=O) groups is 1. The van der Waals surface area contributed by atoms with Gasteiger partial charge in [-0.05, 0) is 74.9 Å². The molecule has 2 unspecified atom stereocenters. The lowest BCUT2D eigenvalue weighted by atomic mass is 9.72. The lowest BCUT2D eigenvalue weighted by Crippen LogP contribution is -2.69. The molecule has 1 amide bonds. The van der Waals surface area contributed by atoms with Crippen molar-refractivity contribution < 1.29 is 9.90 Å². The van der Waals surface area contributed by atoms with E-state index in [4.69, 9.17) is 9.97 Å². The Morgan fingerprint density at radius 3 is 2.55 bits per heavy atom. The largest absolute Gasteiger partial charge is 0.383 e. The number of hydrogen-bond donors (Lipinski definition) is 2. The van der Waals surface area contributed by atoms with Crippen molar-refractivity contribution in [3.63, 3.8) is 0 Å². The molecular weight excluding hydrogens is 556 g/mol. The van der Waals surface area contributed by atoms with Crippen molar-refractivity contribution in [3.05, 3.63) is 76.9 Å². The number of piperazine rings is 1. The van der Waals surface area contributed by atoms with E-state index in [1.54, 1.807) is 28.6 Å². The van der Waals surface area contributed by atoms with E-state index in [1.165, 1.54) is 0 Å². The van der Waals surface area contributed by atoms with Gasteiger partial charge in [0.25, 0.3) is 5.56 Å². The van der Waals surface area contributed by atoms with E-state index in [1.807, 2.05) is 36.1 Å². The highest BCUT2D eigenvalue weighted by molar-refractivity contribution is 5.77. The second-order valence-electron chi connectivity index (χ2n) is 13.0. The molecule has 2 aliphatic carbocycles. The monoisotopic (exact) mass is 592 g/mol. The SMILES string of the molecule is C=CCn1c(=O)c2cnc(Nc3ccc(N4CC5CC(C4)N5C(C)=O)cc3)nc2n1-c1ccc2c(n1)[C@](C)(O)C1(CC2)CC1. The van der Waals surface area contributed by atoms with Gasteiger partial charge in [0, 0.05) is 43.0 Å². The van der Waals surface area contributed by atoms with Crippen LogP contribution in [0.3, 0.4) is 0 Å². The molecule has 2 N–H and O–H groups in total. The first-order chi connectivity index (χ1) is 21.2. The third kappa shape index (κ3) is 3.94. The van der Waals surface area contributed by atoms with Crippen LogP contribution in [-0.4, -0.2) is 65.4 Å². The third-order valence-electron chi connectivity index (χ3n) is 10.4. The average molecular weight is 593 g/mol. The Bertz CT molecular complexity index is 1880. The number of piperidine rings is 1. The number of nitrogens with zero attached hydrogens (tertiary/aromatic N) is 7. The van der Waals surface area contributed by atoms with Gasteiger partial charge in [0.15, 0.2) is 11.5 Å². The maximum atomic E-state index is 13.5. The molecule has 1 spiro atoms. The highest BCUT2D eigenvalue weighted by Crippen LogP contribution is 2.63. The Labute approximate surface area is 254 Å². The summed E-state index contributed by atoms with van der Waals surface area (Å²) in [5.41, 5.74) is 2.72. The second kappa shape index (κ2) is 9.49. The maximum absolute atomic E-state index is 13.5. The topological polar surface area (TPSA) is 121 Å². The zero-order chi connectivity index (χ0) is 30.4. The predicted molar refractivity (Wildman–Crippen MR) is 167 cm³/mol. The number of amides is 1. The quantitative estimate of drug-likeness (QED) is 0.326. The van der Waals surface area contributed by atoms with Gasteiger partial charge in [-0.15, -0.1) is 6.58 Å². The Balaban J connectivity index is 1.11.